The zero-order valence-corrected chi connectivity index (χ0v) is 20.0. The van der Waals surface area contributed by atoms with Crippen molar-refractivity contribution in [3.05, 3.63) is 44.6 Å². The summed E-state index contributed by atoms with van der Waals surface area (Å²) in [6, 6.07) is 0. The first kappa shape index (κ1) is 24.6. The second kappa shape index (κ2) is 8.47. The molecule has 2 N–H and O–H groups in total. The fourth-order valence-electron chi connectivity index (χ4n) is 3.04. The Hall–Kier alpha value is -2.65. The van der Waals surface area contributed by atoms with Crippen molar-refractivity contribution in [2.45, 2.75) is 52.7 Å². The molecule has 168 valence electrons. The normalized spacial score (nSPS) is 18.8. The van der Waals surface area contributed by atoms with Crippen molar-refractivity contribution in [3.63, 3.8) is 0 Å². The van der Waals surface area contributed by atoms with Gasteiger partial charge in [0.2, 0.25) is 5.60 Å². The van der Waals surface area contributed by atoms with Gasteiger partial charge in [-0.2, -0.15) is 0 Å². The Bertz CT molecular complexity index is 1000. The topological polar surface area (TPSA) is 119 Å². The maximum absolute atomic E-state index is 13.0. The van der Waals surface area contributed by atoms with Gasteiger partial charge in [-0.25, -0.2) is 9.59 Å². The molecule has 0 aromatic heterocycles. The third-order valence-corrected chi connectivity index (χ3v) is 5.53. The highest BCUT2D eigenvalue weighted by Crippen LogP contribution is 2.43. The summed E-state index contributed by atoms with van der Waals surface area (Å²) in [6.45, 7) is 9.63. The summed E-state index contributed by atoms with van der Waals surface area (Å²) in [6.07, 6.45) is 2.09. The van der Waals surface area contributed by atoms with E-state index in [9.17, 15) is 24.6 Å². The number of benzene rings is 1. The molecule has 0 aliphatic heterocycles. The molecule has 0 spiro atoms. The Labute approximate surface area is 188 Å². The Morgan fingerprint density at radius 1 is 1.10 bits per heavy atom. The van der Waals surface area contributed by atoms with Crippen LogP contribution < -0.4 is 4.74 Å². The van der Waals surface area contributed by atoms with E-state index in [-0.39, 0.29) is 27.1 Å². The molecule has 0 fully saturated rings. The molecule has 0 saturated heterocycles. The van der Waals surface area contributed by atoms with Gasteiger partial charge in [-0.05, 0) is 80.2 Å². The molecule has 0 saturated carbocycles. The molecule has 0 radical (unpaired) electrons. The van der Waals surface area contributed by atoms with Crippen molar-refractivity contribution in [1.82, 2.24) is 0 Å². The fourth-order valence-corrected chi connectivity index (χ4v) is 3.62. The molecule has 0 heterocycles. The quantitative estimate of drug-likeness (QED) is 0.480. The van der Waals surface area contributed by atoms with Crippen LogP contribution in [-0.4, -0.2) is 46.2 Å². The standard InChI is InChI=1S/C22H25BrO8/c1-10-8-13(24)9-14(29-7)22(10,28)20(27)30-18-12(3)11(2)15(17(25)16(18)23)19(26)31-21(4,5)6/h8-9,25,28H,1-7H3/t22-/m1/s1. The molecule has 1 atom stereocenters. The summed E-state index contributed by atoms with van der Waals surface area (Å²) in [5.41, 5.74) is -2.48. The van der Waals surface area contributed by atoms with E-state index >= 15 is 0 Å². The van der Waals surface area contributed by atoms with Crippen LogP contribution in [0.4, 0.5) is 0 Å². The van der Waals surface area contributed by atoms with E-state index in [0.717, 1.165) is 12.2 Å². The lowest BCUT2D eigenvalue weighted by Gasteiger charge is -2.30. The number of ether oxygens (including phenoxy) is 3. The molecule has 9 heteroatoms. The number of phenols is 1. The number of esters is 2. The SMILES string of the molecule is COC1=CC(=O)C=C(C)[C@]1(O)C(=O)Oc1c(C)c(C)c(C(=O)OC(C)(C)C)c(O)c1Br. The first-order valence-corrected chi connectivity index (χ1v) is 10.1. The van der Waals surface area contributed by atoms with Gasteiger partial charge in [-0.15, -0.1) is 0 Å². The molecule has 2 rings (SSSR count). The van der Waals surface area contributed by atoms with Gasteiger partial charge in [0.15, 0.2) is 11.5 Å². The van der Waals surface area contributed by atoms with Crippen LogP contribution in [0.5, 0.6) is 11.5 Å². The smallest absolute Gasteiger partial charge is 0.356 e. The van der Waals surface area contributed by atoms with Gasteiger partial charge in [0.25, 0.3) is 0 Å². The number of methoxy groups -OCH3 is 1. The van der Waals surface area contributed by atoms with Crippen molar-refractivity contribution in [2.75, 3.05) is 7.11 Å². The predicted octanol–water partition coefficient (Wildman–Crippen LogP) is 3.42. The van der Waals surface area contributed by atoms with E-state index in [4.69, 9.17) is 14.2 Å². The van der Waals surface area contributed by atoms with E-state index in [1.807, 2.05) is 0 Å². The average molecular weight is 497 g/mol. The summed E-state index contributed by atoms with van der Waals surface area (Å²) >= 11 is 3.16. The first-order valence-electron chi connectivity index (χ1n) is 9.33. The maximum Gasteiger partial charge on any atom is 0.356 e. The van der Waals surface area contributed by atoms with E-state index < -0.39 is 34.7 Å². The van der Waals surface area contributed by atoms with E-state index in [2.05, 4.69) is 15.9 Å². The van der Waals surface area contributed by atoms with Gasteiger partial charge >= 0.3 is 11.9 Å². The number of hydrogen-bond donors (Lipinski definition) is 2. The van der Waals surface area contributed by atoms with Gasteiger partial charge in [-0.1, -0.05) is 0 Å². The van der Waals surface area contributed by atoms with E-state index in [1.165, 1.54) is 14.0 Å². The van der Waals surface area contributed by atoms with Crippen molar-refractivity contribution in [3.8, 4) is 11.5 Å². The number of aromatic hydroxyl groups is 1. The molecule has 31 heavy (non-hydrogen) atoms. The lowest BCUT2D eigenvalue weighted by Crippen LogP contribution is -2.47. The third-order valence-electron chi connectivity index (χ3n) is 4.79. The van der Waals surface area contributed by atoms with Crippen LogP contribution in [-0.2, 0) is 19.1 Å². The van der Waals surface area contributed by atoms with Crippen molar-refractivity contribution >= 4 is 33.7 Å². The van der Waals surface area contributed by atoms with Crippen LogP contribution in [0, 0.1) is 13.8 Å². The van der Waals surface area contributed by atoms with Crippen LogP contribution in [0.15, 0.2) is 28.0 Å². The molecule has 0 unspecified atom stereocenters. The molecule has 1 aromatic carbocycles. The Kier molecular flexibility index (Phi) is 6.73. The summed E-state index contributed by atoms with van der Waals surface area (Å²) in [4.78, 5) is 37.3. The van der Waals surface area contributed by atoms with Crippen molar-refractivity contribution in [1.29, 1.82) is 0 Å². The summed E-state index contributed by atoms with van der Waals surface area (Å²) in [7, 11) is 1.21. The predicted molar refractivity (Wildman–Crippen MR) is 115 cm³/mol. The number of hydrogen-bond acceptors (Lipinski definition) is 8. The minimum absolute atomic E-state index is 0.0157. The lowest BCUT2D eigenvalue weighted by atomic mass is 9.87. The molecule has 0 amide bonds. The van der Waals surface area contributed by atoms with Crippen LogP contribution in [0.1, 0.15) is 49.2 Å². The number of halogens is 1. The fraction of sp³-hybridized carbons (Fsp3) is 0.409. The molecule has 8 nitrogen and oxygen atoms in total. The number of aliphatic hydroxyl groups is 1. The maximum atomic E-state index is 13.0. The monoisotopic (exact) mass is 496 g/mol. The van der Waals surface area contributed by atoms with Crippen LogP contribution in [0.25, 0.3) is 0 Å². The number of allylic oxidation sites excluding steroid dienone is 2. The Balaban J connectivity index is 2.53. The molecular weight excluding hydrogens is 472 g/mol. The minimum Gasteiger partial charge on any atom is -0.506 e. The summed E-state index contributed by atoms with van der Waals surface area (Å²) in [5, 5.41) is 21.6. The van der Waals surface area contributed by atoms with E-state index in [1.54, 1.807) is 34.6 Å². The highest BCUT2D eigenvalue weighted by Gasteiger charge is 2.48. The van der Waals surface area contributed by atoms with Gasteiger partial charge in [0.1, 0.15) is 27.1 Å². The third kappa shape index (κ3) is 4.52. The number of ketones is 1. The summed E-state index contributed by atoms with van der Waals surface area (Å²) < 4.78 is 15.8. The largest absolute Gasteiger partial charge is 0.506 e. The Morgan fingerprint density at radius 3 is 2.19 bits per heavy atom. The zero-order chi connectivity index (χ0) is 23.9. The van der Waals surface area contributed by atoms with Gasteiger partial charge in [0.05, 0.1) is 7.11 Å². The number of carbonyl (C=O) groups excluding carboxylic acids is 3. The van der Waals surface area contributed by atoms with Crippen molar-refractivity contribution < 1.29 is 38.8 Å². The molecule has 1 aliphatic carbocycles. The zero-order valence-electron chi connectivity index (χ0n) is 18.4. The number of rotatable bonds is 4. The van der Waals surface area contributed by atoms with Crippen LogP contribution in [0.2, 0.25) is 0 Å². The van der Waals surface area contributed by atoms with Gasteiger partial charge in [-0.3, -0.25) is 4.79 Å². The number of phenolic OH excluding ortho intramolecular Hbond substituents is 1. The Morgan fingerprint density at radius 2 is 1.68 bits per heavy atom. The number of carbonyl (C=O) groups is 3. The molecule has 1 aliphatic rings. The average Bonchev–Trinajstić information content (AvgIpc) is 2.64. The van der Waals surface area contributed by atoms with Crippen molar-refractivity contribution in [2.24, 2.45) is 0 Å². The summed E-state index contributed by atoms with van der Waals surface area (Å²) in [5.74, 6) is -3.19. The first-order chi connectivity index (χ1) is 14.1. The molecule has 1 aromatic rings. The second-order valence-corrected chi connectivity index (χ2v) is 8.95. The van der Waals surface area contributed by atoms with Gasteiger partial charge < -0.3 is 24.4 Å². The molecule has 0 bridgehead atoms. The molecular formula is C22H25BrO8. The van der Waals surface area contributed by atoms with Gasteiger partial charge in [0, 0.05) is 6.08 Å². The highest BCUT2D eigenvalue weighted by atomic mass is 79.9. The lowest BCUT2D eigenvalue weighted by molar-refractivity contribution is -0.151. The second-order valence-electron chi connectivity index (χ2n) is 8.16. The highest BCUT2D eigenvalue weighted by molar-refractivity contribution is 9.10. The minimum atomic E-state index is -2.33. The van der Waals surface area contributed by atoms with E-state index in [0.29, 0.717) is 11.1 Å². The van der Waals surface area contributed by atoms with Crippen LogP contribution in [0.3, 0.4) is 0 Å². The van der Waals surface area contributed by atoms with Crippen LogP contribution >= 0.6 is 15.9 Å².